The van der Waals surface area contributed by atoms with E-state index in [1.54, 1.807) is 13.8 Å². The molecule has 0 bridgehead atoms. The first kappa shape index (κ1) is 25.1. The number of ether oxygens (including phenoxy) is 5. The quantitative estimate of drug-likeness (QED) is 0.328. The van der Waals surface area contributed by atoms with Crippen molar-refractivity contribution in [2.45, 2.75) is 77.9 Å². The number of rotatable bonds is 7. The third-order valence-electron chi connectivity index (χ3n) is 6.80. The van der Waals surface area contributed by atoms with E-state index in [0.29, 0.717) is 6.42 Å². The molecule has 6 rings (SSSR count). The van der Waals surface area contributed by atoms with Crippen LogP contribution in [0.3, 0.4) is 0 Å². The summed E-state index contributed by atoms with van der Waals surface area (Å²) in [5.74, 6) is -1.91. The maximum absolute atomic E-state index is 12.7. The molecule has 0 amide bonds. The lowest BCUT2D eigenvalue weighted by Crippen LogP contribution is -2.37. The summed E-state index contributed by atoms with van der Waals surface area (Å²) in [7, 11) is -0.230. The molecule has 7 nitrogen and oxygen atoms in total. The molecule has 3 aromatic rings. The van der Waals surface area contributed by atoms with Gasteiger partial charge in [0.05, 0.1) is 10.9 Å². The molecule has 0 aromatic heterocycles. The van der Waals surface area contributed by atoms with E-state index in [1.807, 2.05) is 24.3 Å². The summed E-state index contributed by atoms with van der Waals surface area (Å²) in [5, 5.41) is 0. The van der Waals surface area contributed by atoms with Crippen molar-refractivity contribution >= 4 is 22.8 Å². The number of carbonyl (C=O) groups is 2. The Morgan fingerprint density at radius 2 is 1.42 bits per heavy atom. The minimum Gasteiger partial charge on any atom is -0.454 e. The average Bonchev–Trinajstić information content (AvgIpc) is 3.50. The molecule has 3 aliphatic heterocycles. The van der Waals surface area contributed by atoms with Crippen LogP contribution in [0.4, 0.5) is 0 Å². The predicted molar refractivity (Wildman–Crippen MR) is 138 cm³/mol. The molecule has 0 spiro atoms. The van der Waals surface area contributed by atoms with Gasteiger partial charge in [0.15, 0.2) is 39.0 Å². The summed E-state index contributed by atoms with van der Waals surface area (Å²) in [6, 6.07) is 29.2. The van der Waals surface area contributed by atoms with Crippen LogP contribution >= 0.6 is 0 Å². The van der Waals surface area contributed by atoms with Crippen LogP contribution in [-0.2, 0) is 50.6 Å². The Kier molecular flexibility index (Phi) is 6.74. The van der Waals surface area contributed by atoms with Gasteiger partial charge >= 0.3 is 11.9 Å². The van der Waals surface area contributed by atoms with Crippen LogP contribution in [-0.4, -0.2) is 48.4 Å². The van der Waals surface area contributed by atoms with E-state index in [0.717, 1.165) is 5.56 Å². The van der Waals surface area contributed by atoms with Crippen molar-refractivity contribution in [2.75, 3.05) is 0 Å². The number of hydrogen-bond acceptors (Lipinski definition) is 7. The van der Waals surface area contributed by atoms with Crippen molar-refractivity contribution in [3.63, 3.8) is 0 Å². The largest absolute Gasteiger partial charge is 0.454 e. The number of esters is 2. The topological polar surface area (TPSA) is 80.3 Å². The molecule has 5 unspecified atom stereocenters. The van der Waals surface area contributed by atoms with Crippen LogP contribution < -0.4 is 0 Å². The highest BCUT2D eigenvalue weighted by molar-refractivity contribution is 7.97. The first-order valence-corrected chi connectivity index (χ1v) is 13.9. The van der Waals surface area contributed by atoms with Crippen LogP contribution in [0.25, 0.3) is 0 Å². The molecule has 3 saturated heterocycles. The van der Waals surface area contributed by atoms with E-state index in [9.17, 15) is 9.59 Å². The van der Waals surface area contributed by atoms with Crippen LogP contribution in [0, 0.1) is 0 Å². The van der Waals surface area contributed by atoms with Crippen molar-refractivity contribution in [3.8, 4) is 0 Å². The molecule has 3 heterocycles. The highest BCUT2D eigenvalue weighted by Crippen LogP contribution is 2.43. The highest BCUT2D eigenvalue weighted by atomic mass is 32.2. The molecule has 0 N–H and O–H groups in total. The highest BCUT2D eigenvalue weighted by Gasteiger charge is 2.64. The molecule has 8 heteroatoms. The van der Waals surface area contributed by atoms with Crippen molar-refractivity contribution in [3.05, 3.63) is 90.5 Å². The fourth-order valence-corrected chi connectivity index (χ4v) is 7.18. The predicted octanol–water partition coefficient (Wildman–Crippen LogP) is 4.43. The Balaban J connectivity index is 1.08. The van der Waals surface area contributed by atoms with Gasteiger partial charge in [-0.1, -0.05) is 48.5 Å². The van der Waals surface area contributed by atoms with Gasteiger partial charge < -0.3 is 23.7 Å². The van der Waals surface area contributed by atoms with Gasteiger partial charge in [-0.2, -0.15) is 0 Å². The van der Waals surface area contributed by atoms with E-state index in [-0.39, 0.29) is 17.3 Å². The zero-order valence-electron chi connectivity index (χ0n) is 21.1. The number of aryl methyl sites for hydroxylation is 1. The van der Waals surface area contributed by atoms with Crippen molar-refractivity contribution in [1.82, 2.24) is 0 Å². The SMILES string of the molecule is CC1(C)OC2OC3C(OC(=O)CCc4ccc([S+](c5ccccc5)c5ccccc5)cc4)C(=O)OC3C2O1. The molecule has 3 aliphatic rings. The number of benzene rings is 3. The van der Waals surface area contributed by atoms with Gasteiger partial charge in [-0.05, 0) is 62.2 Å². The van der Waals surface area contributed by atoms with Crippen molar-refractivity contribution < 1.29 is 33.3 Å². The van der Waals surface area contributed by atoms with Crippen LogP contribution in [0.1, 0.15) is 25.8 Å². The molecule has 3 aromatic carbocycles. The normalized spacial score (nSPS) is 27.1. The summed E-state index contributed by atoms with van der Waals surface area (Å²) >= 11 is 0. The maximum atomic E-state index is 12.7. The van der Waals surface area contributed by atoms with E-state index in [1.165, 1.54) is 14.7 Å². The molecule has 0 radical (unpaired) electrons. The first-order chi connectivity index (χ1) is 18.4. The summed E-state index contributed by atoms with van der Waals surface area (Å²) in [5.41, 5.74) is 1.01. The summed E-state index contributed by atoms with van der Waals surface area (Å²) in [6.07, 6.45) is -3.05. The van der Waals surface area contributed by atoms with Gasteiger partial charge in [0.1, 0.15) is 6.10 Å². The van der Waals surface area contributed by atoms with Crippen molar-refractivity contribution in [2.24, 2.45) is 0 Å². The zero-order chi connectivity index (χ0) is 26.3. The summed E-state index contributed by atoms with van der Waals surface area (Å²) < 4.78 is 28.3. The Hall–Kier alpha value is -3.17. The fourth-order valence-electron chi connectivity index (χ4n) is 5.09. The molecule has 5 atom stereocenters. The Labute approximate surface area is 224 Å². The molecule has 38 heavy (non-hydrogen) atoms. The van der Waals surface area contributed by atoms with E-state index in [2.05, 4.69) is 60.7 Å². The number of carbonyl (C=O) groups excluding carboxylic acids is 2. The van der Waals surface area contributed by atoms with E-state index < -0.39 is 48.4 Å². The standard InChI is InChI=1S/C30H29O7S/c1-30(2)36-27-25-24(35-29(27)37-30)26(28(32)34-25)33-23(31)18-15-19-13-16-22(17-14-19)38(20-9-5-3-6-10-20)21-11-7-4-8-12-21/h3-14,16-17,24-27,29H,15,18H2,1-2H3/q+1. The second-order valence-corrected chi connectivity index (χ2v) is 12.0. The van der Waals surface area contributed by atoms with Gasteiger partial charge in [0.2, 0.25) is 6.10 Å². The number of hydrogen-bond donors (Lipinski definition) is 0. The lowest BCUT2D eigenvalue weighted by atomic mass is 10.1. The molecular weight excluding hydrogens is 504 g/mol. The summed E-state index contributed by atoms with van der Waals surface area (Å²) in [4.78, 5) is 28.8. The number of fused-ring (bicyclic) bond motifs is 3. The lowest BCUT2D eigenvalue weighted by molar-refractivity contribution is -0.216. The Morgan fingerprint density at radius 1 is 0.816 bits per heavy atom. The maximum Gasteiger partial charge on any atom is 0.350 e. The lowest BCUT2D eigenvalue weighted by Gasteiger charge is -2.21. The van der Waals surface area contributed by atoms with E-state index in [4.69, 9.17) is 23.7 Å². The van der Waals surface area contributed by atoms with Gasteiger partial charge in [-0.3, -0.25) is 4.79 Å². The second kappa shape index (κ2) is 10.2. The minimum absolute atomic E-state index is 0.135. The molecular formula is C30H29O7S+. The van der Waals surface area contributed by atoms with Gasteiger partial charge in [-0.25, -0.2) is 4.79 Å². The Morgan fingerprint density at radius 3 is 2.05 bits per heavy atom. The van der Waals surface area contributed by atoms with E-state index >= 15 is 0 Å². The minimum atomic E-state index is -1.12. The van der Waals surface area contributed by atoms with Gasteiger partial charge in [0.25, 0.3) is 0 Å². The average molecular weight is 534 g/mol. The summed E-state index contributed by atoms with van der Waals surface area (Å²) in [6.45, 7) is 3.54. The third-order valence-corrected chi connectivity index (χ3v) is 9.03. The fraction of sp³-hybridized carbons (Fsp3) is 0.333. The van der Waals surface area contributed by atoms with Gasteiger partial charge in [0, 0.05) is 6.42 Å². The smallest absolute Gasteiger partial charge is 0.350 e. The molecule has 0 aliphatic carbocycles. The van der Waals surface area contributed by atoms with Crippen molar-refractivity contribution in [1.29, 1.82) is 0 Å². The van der Waals surface area contributed by atoms with Crippen LogP contribution in [0.2, 0.25) is 0 Å². The molecule has 196 valence electrons. The third kappa shape index (κ3) is 4.97. The second-order valence-electron chi connectivity index (χ2n) is 9.96. The molecule has 3 fully saturated rings. The van der Waals surface area contributed by atoms with Crippen LogP contribution in [0.15, 0.2) is 99.6 Å². The Bertz CT molecular complexity index is 1260. The monoisotopic (exact) mass is 533 g/mol. The van der Waals surface area contributed by atoms with Crippen LogP contribution in [0.5, 0.6) is 0 Å². The zero-order valence-corrected chi connectivity index (χ0v) is 22.0. The molecule has 0 saturated carbocycles. The van der Waals surface area contributed by atoms with Gasteiger partial charge in [-0.15, -0.1) is 0 Å². The first-order valence-electron chi connectivity index (χ1n) is 12.7.